The van der Waals surface area contributed by atoms with E-state index < -0.39 is 0 Å². The van der Waals surface area contributed by atoms with Crippen molar-refractivity contribution in [2.24, 2.45) is 0 Å². The third kappa shape index (κ3) is 7.63. The first-order valence-corrected chi connectivity index (χ1v) is 8.79. The summed E-state index contributed by atoms with van der Waals surface area (Å²) in [6.07, 6.45) is 16.3. The van der Waals surface area contributed by atoms with Crippen LogP contribution in [-0.4, -0.2) is 28.7 Å². The molecule has 0 bridgehead atoms. The Morgan fingerprint density at radius 3 is 1.72 bits per heavy atom. The van der Waals surface area contributed by atoms with Gasteiger partial charge in [0.1, 0.15) is 0 Å². The molecule has 0 saturated carbocycles. The molecule has 0 aliphatic carbocycles. The molecule has 1 atom stereocenters. The van der Waals surface area contributed by atoms with Gasteiger partial charge in [-0.1, -0.05) is 39.5 Å². The van der Waals surface area contributed by atoms with E-state index in [4.69, 9.17) is 6.42 Å². The van der Waals surface area contributed by atoms with Gasteiger partial charge in [0.05, 0.1) is 20.1 Å². The van der Waals surface area contributed by atoms with Gasteiger partial charge >= 0.3 is 0 Å². The first-order chi connectivity index (χ1) is 8.60. The van der Waals surface area contributed by atoms with Gasteiger partial charge in [0.2, 0.25) is 0 Å². The average molecular weight is 364 g/mol. The molecule has 1 unspecified atom stereocenters. The molecule has 0 heterocycles. The summed E-state index contributed by atoms with van der Waals surface area (Å²) in [7, 11) is 2.34. The van der Waals surface area contributed by atoms with Crippen molar-refractivity contribution in [1.29, 1.82) is 0 Å². The second kappa shape index (κ2) is 11.1. The van der Waals surface area contributed by atoms with Crippen LogP contribution in [0.2, 0.25) is 0 Å². The number of alkyl halides is 1. The van der Waals surface area contributed by atoms with Crippen LogP contribution >= 0.6 is 22.6 Å². The molecule has 0 aromatic carbocycles. The van der Waals surface area contributed by atoms with Crippen molar-refractivity contribution in [3.8, 4) is 12.3 Å². The highest BCUT2D eigenvalue weighted by Crippen LogP contribution is 2.20. The Balaban J connectivity index is 4.13. The maximum absolute atomic E-state index is 5.65. The lowest BCUT2D eigenvalue weighted by Gasteiger charge is -2.37. The molecule has 0 N–H and O–H groups in total. The van der Waals surface area contributed by atoms with E-state index in [1.54, 1.807) is 0 Å². The highest BCUT2D eigenvalue weighted by Gasteiger charge is 2.27. The number of rotatable bonds is 11. The first kappa shape index (κ1) is 18.2. The van der Waals surface area contributed by atoms with Gasteiger partial charge in [-0.05, 0) is 31.6 Å². The topological polar surface area (TPSA) is 0 Å². The summed E-state index contributed by atoms with van der Waals surface area (Å²) in [6.45, 7) is 7.01. The Bertz CT molecular complexity index is 220. The maximum atomic E-state index is 5.65. The summed E-state index contributed by atoms with van der Waals surface area (Å²) in [4.78, 5) is 0. The van der Waals surface area contributed by atoms with Gasteiger partial charge in [-0.15, -0.1) is 6.42 Å². The Kier molecular flexibility index (Phi) is 11.3. The Morgan fingerprint density at radius 1 is 0.944 bits per heavy atom. The minimum Gasteiger partial charge on any atom is -0.305 e. The molecule has 1 nitrogen and oxygen atoms in total. The lowest BCUT2D eigenvalue weighted by atomic mass is 10.1. The summed E-state index contributed by atoms with van der Waals surface area (Å²) in [5.41, 5.74) is 0. The van der Waals surface area contributed by atoms with Crippen LogP contribution in [0.3, 0.4) is 0 Å². The molecule has 0 aromatic rings. The van der Waals surface area contributed by atoms with Crippen LogP contribution in [0.15, 0.2) is 0 Å². The van der Waals surface area contributed by atoms with Crippen molar-refractivity contribution >= 4 is 22.6 Å². The van der Waals surface area contributed by atoms with Gasteiger partial charge in [-0.25, -0.2) is 0 Å². The van der Waals surface area contributed by atoms with E-state index in [2.05, 4.69) is 49.4 Å². The monoisotopic (exact) mass is 364 g/mol. The van der Waals surface area contributed by atoms with Crippen LogP contribution in [0.4, 0.5) is 0 Å². The maximum Gasteiger partial charge on any atom is 0.200 e. The van der Waals surface area contributed by atoms with Gasteiger partial charge in [-0.3, -0.25) is 0 Å². The molecule has 0 rings (SSSR count). The summed E-state index contributed by atoms with van der Waals surface area (Å²) < 4.78 is 1.38. The molecular formula is C16H31IN+. The lowest BCUT2D eigenvalue weighted by molar-refractivity contribution is -0.908. The molecule has 0 fully saturated rings. The van der Waals surface area contributed by atoms with Crippen molar-refractivity contribution in [3.63, 3.8) is 0 Å². The molecule has 106 valence electrons. The Labute approximate surface area is 128 Å². The van der Waals surface area contributed by atoms with Crippen molar-refractivity contribution in [2.75, 3.05) is 20.1 Å². The van der Waals surface area contributed by atoms with E-state index in [1.165, 1.54) is 64.5 Å². The number of nitrogens with zero attached hydrogens (tertiary/aromatic N) is 1. The first-order valence-electron chi connectivity index (χ1n) is 7.55. The van der Waals surface area contributed by atoms with Gasteiger partial charge in [0, 0.05) is 22.6 Å². The molecule has 18 heavy (non-hydrogen) atoms. The summed E-state index contributed by atoms with van der Waals surface area (Å²) in [5.74, 6) is 2.95. The van der Waals surface area contributed by atoms with Crippen molar-refractivity contribution in [1.82, 2.24) is 0 Å². The molecule has 0 aliphatic heterocycles. The molecule has 2 heteroatoms. The highest BCUT2D eigenvalue weighted by molar-refractivity contribution is 14.1. The minimum absolute atomic E-state index is 0.325. The number of halogens is 1. The number of hydrogen-bond donors (Lipinski definition) is 0. The second-order valence-electron chi connectivity index (χ2n) is 5.55. The largest absolute Gasteiger partial charge is 0.305 e. The second-order valence-corrected chi connectivity index (χ2v) is 6.73. The minimum atomic E-state index is 0.325. The Hall–Kier alpha value is 0.250. The van der Waals surface area contributed by atoms with E-state index in [9.17, 15) is 0 Å². The smallest absolute Gasteiger partial charge is 0.200 e. The predicted molar refractivity (Wildman–Crippen MR) is 90.8 cm³/mol. The van der Waals surface area contributed by atoms with Crippen LogP contribution in [0.25, 0.3) is 0 Å². The summed E-state index contributed by atoms with van der Waals surface area (Å²) in [6, 6.07) is 0. The van der Waals surface area contributed by atoms with Crippen LogP contribution in [0.1, 0.15) is 65.2 Å². The standard InChI is InChI=1S/C16H31IN/c1-5-8-10-12-14-18(4,16(17)7-3)15-13-11-9-6-2/h3,16H,5-6,8-15H2,1-2,4H3/q+1. The van der Waals surface area contributed by atoms with Crippen LogP contribution in [0, 0.1) is 12.3 Å². The van der Waals surface area contributed by atoms with Crippen molar-refractivity contribution < 1.29 is 4.48 Å². The highest BCUT2D eigenvalue weighted by atomic mass is 127. The predicted octanol–water partition coefficient (Wildman–Crippen LogP) is 4.99. The zero-order valence-electron chi connectivity index (χ0n) is 12.6. The van der Waals surface area contributed by atoms with E-state index >= 15 is 0 Å². The fourth-order valence-corrected chi connectivity index (χ4v) is 2.88. The molecule has 0 saturated heterocycles. The average Bonchev–Trinajstić information content (AvgIpc) is 2.39. The van der Waals surface area contributed by atoms with Gasteiger partial charge in [-0.2, -0.15) is 0 Å². The van der Waals surface area contributed by atoms with Crippen LogP contribution in [-0.2, 0) is 0 Å². The molecule has 0 spiro atoms. The quantitative estimate of drug-likeness (QED) is 0.121. The van der Waals surface area contributed by atoms with E-state index in [0.29, 0.717) is 4.05 Å². The fourth-order valence-electron chi connectivity index (χ4n) is 2.32. The fraction of sp³-hybridized carbons (Fsp3) is 0.875. The summed E-state index contributed by atoms with van der Waals surface area (Å²) in [5, 5.41) is 0. The van der Waals surface area contributed by atoms with Crippen LogP contribution in [0.5, 0.6) is 0 Å². The zero-order chi connectivity index (χ0) is 13.9. The molecular weight excluding hydrogens is 333 g/mol. The van der Waals surface area contributed by atoms with E-state index in [-0.39, 0.29) is 0 Å². The van der Waals surface area contributed by atoms with Crippen molar-refractivity contribution in [3.05, 3.63) is 0 Å². The van der Waals surface area contributed by atoms with Gasteiger partial charge < -0.3 is 4.48 Å². The Morgan fingerprint density at radius 2 is 1.39 bits per heavy atom. The zero-order valence-corrected chi connectivity index (χ0v) is 14.7. The lowest BCUT2D eigenvalue weighted by Crippen LogP contribution is -2.50. The SMILES string of the molecule is C#CC(I)[N+](C)(CCCCCC)CCCCCC. The molecule has 0 aromatic heterocycles. The van der Waals surface area contributed by atoms with Crippen LogP contribution < -0.4 is 0 Å². The molecule has 0 radical (unpaired) electrons. The molecule has 0 aliphatic rings. The summed E-state index contributed by atoms with van der Waals surface area (Å²) >= 11 is 2.44. The normalized spacial score (nSPS) is 13.3. The number of terminal acetylenes is 1. The third-order valence-electron chi connectivity index (χ3n) is 3.73. The third-order valence-corrected chi connectivity index (χ3v) is 5.43. The van der Waals surface area contributed by atoms with E-state index in [0.717, 1.165) is 4.48 Å². The number of unbranched alkanes of at least 4 members (excludes halogenated alkanes) is 6. The molecule has 0 amide bonds. The van der Waals surface area contributed by atoms with Gasteiger partial charge in [0.15, 0.2) is 4.05 Å². The van der Waals surface area contributed by atoms with Gasteiger partial charge in [0.25, 0.3) is 0 Å². The number of hydrogen-bond acceptors (Lipinski definition) is 0. The van der Waals surface area contributed by atoms with E-state index in [1.807, 2.05) is 0 Å². The van der Waals surface area contributed by atoms with Crippen molar-refractivity contribution in [2.45, 2.75) is 69.3 Å². The number of quaternary nitrogens is 1.